The second-order valence-corrected chi connectivity index (χ2v) is 7.45. The van der Waals surface area contributed by atoms with E-state index in [1.54, 1.807) is 24.4 Å². The van der Waals surface area contributed by atoms with Gasteiger partial charge in [0.1, 0.15) is 6.04 Å². The highest BCUT2D eigenvalue weighted by atomic mass is 16.2. The van der Waals surface area contributed by atoms with E-state index in [0.29, 0.717) is 19.0 Å². The fraction of sp³-hybridized carbons (Fsp3) is 0.300. The molecular weight excluding hydrogens is 388 g/mol. The maximum absolute atomic E-state index is 12.9. The number of aromatic nitrogens is 2. The lowest BCUT2D eigenvalue weighted by molar-refractivity contribution is -0.136. The van der Waals surface area contributed by atoms with Gasteiger partial charge in [-0.2, -0.15) is 0 Å². The van der Waals surface area contributed by atoms with E-state index >= 15 is 0 Å². The van der Waals surface area contributed by atoms with Crippen LogP contribution >= 0.6 is 0 Å². The molecule has 1 aromatic heterocycles. The molecule has 0 bridgehead atoms. The van der Waals surface area contributed by atoms with Gasteiger partial charge < -0.3 is 10.6 Å². The molecule has 0 aliphatic carbocycles. The first kappa shape index (κ1) is 18.4. The zero-order valence-corrected chi connectivity index (χ0v) is 15.9. The summed E-state index contributed by atoms with van der Waals surface area (Å²) in [7, 11) is 0. The van der Waals surface area contributed by atoms with Gasteiger partial charge in [0.15, 0.2) is 0 Å². The third-order valence-corrected chi connectivity index (χ3v) is 5.52. The van der Waals surface area contributed by atoms with Gasteiger partial charge in [-0.25, -0.2) is 9.97 Å². The SMILES string of the molecule is O=C1CCC(N2C(=O)c3ccc(CNc4ncc5c(n4)CNC5)cc3C2=O)C(=O)N1. The Morgan fingerprint density at radius 1 is 1.10 bits per heavy atom. The van der Waals surface area contributed by atoms with Gasteiger partial charge in [-0.15, -0.1) is 0 Å². The number of hydrogen-bond donors (Lipinski definition) is 3. The van der Waals surface area contributed by atoms with E-state index in [-0.39, 0.29) is 24.0 Å². The van der Waals surface area contributed by atoms with E-state index in [2.05, 4.69) is 25.9 Å². The third-order valence-electron chi connectivity index (χ3n) is 5.52. The average molecular weight is 406 g/mol. The number of rotatable bonds is 4. The monoisotopic (exact) mass is 406 g/mol. The van der Waals surface area contributed by atoms with Crippen molar-refractivity contribution in [2.24, 2.45) is 0 Å². The van der Waals surface area contributed by atoms with Gasteiger partial charge >= 0.3 is 0 Å². The molecule has 0 radical (unpaired) electrons. The van der Waals surface area contributed by atoms with Gasteiger partial charge in [0, 0.05) is 37.8 Å². The van der Waals surface area contributed by atoms with E-state index in [1.165, 1.54) is 0 Å². The second-order valence-electron chi connectivity index (χ2n) is 7.45. The minimum absolute atomic E-state index is 0.0925. The van der Waals surface area contributed by atoms with Crippen molar-refractivity contribution in [1.82, 2.24) is 25.5 Å². The van der Waals surface area contributed by atoms with Gasteiger partial charge in [-0.05, 0) is 24.1 Å². The molecule has 10 nitrogen and oxygen atoms in total. The number of piperidine rings is 1. The molecule has 1 fully saturated rings. The zero-order chi connectivity index (χ0) is 20.8. The fourth-order valence-electron chi connectivity index (χ4n) is 3.95. The summed E-state index contributed by atoms with van der Waals surface area (Å²) >= 11 is 0. The Bertz CT molecular complexity index is 1110. The minimum Gasteiger partial charge on any atom is -0.350 e. The predicted octanol–water partition coefficient (Wildman–Crippen LogP) is 0.0931. The summed E-state index contributed by atoms with van der Waals surface area (Å²) in [5.41, 5.74) is 3.33. The van der Waals surface area contributed by atoms with Crippen molar-refractivity contribution in [2.75, 3.05) is 5.32 Å². The lowest BCUT2D eigenvalue weighted by atomic mass is 10.0. The number of amides is 4. The van der Waals surface area contributed by atoms with Crippen LogP contribution in [0.4, 0.5) is 5.95 Å². The Kier molecular flexibility index (Phi) is 4.28. The van der Waals surface area contributed by atoms with Crippen molar-refractivity contribution in [1.29, 1.82) is 0 Å². The molecule has 10 heteroatoms. The van der Waals surface area contributed by atoms with E-state index in [9.17, 15) is 19.2 Å². The first-order valence-electron chi connectivity index (χ1n) is 9.65. The molecule has 2 aromatic rings. The van der Waals surface area contributed by atoms with Crippen molar-refractivity contribution in [3.05, 3.63) is 52.3 Å². The number of carbonyl (C=O) groups excluding carboxylic acids is 4. The molecule has 5 rings (SSSR count). The molecule has 1 unspecified atom stereocenters. The molecule has 3 N–H and O–H groups in total. The molecule has 3 aliphatic heterocycles. The number of imide groups is 2. The Morgan fingerprint density at radius 2 is 1.93 bits per heavy atom. The van der Waals surface area contributed by atoms with E-state index in [1.807, 2.05) is 0 Å². The molecule has 152 valence electrons. The van der Waals surface area contributed by atoms with Gasteiger partial charge in [0.2, 0.25) is 17.8 Å². The topological polar surface area (TPSA) is 133 Å². The molecule has 0 spiro atoms. The maximum Gasteiger partial charge on any atom is 0.262 e. The lowest BCUT2D eigenvalue weighted by Crippen LogP contribution is -2.54. The summed E-state index contributed by atoms with van der Waals surface area (Å²) in [5.74, 6) is -1.56. The highest BCUT2D eigenvalue weighted by Gasteiger charge is 2.44. The van der Waals surface area contributed by atoms with Crippen LogP contribution in [0.5, 0.6) is 0 Å². The van der Waals surface area contributed by atoms with Gasteiger partial charge in [-0.1, -0.05) is 6.07 Å². The number of fused-ring (bicyclic) bond motifs is 2. The summed E-state index contributed by atoms with van der Waals surface area (Å²) in [6.45, 7) is 1.85. The summed E-state index contributed by atoms with van der Waals surface area (Å²) in [6, 6.07) is 4.01. The van der Waals surface area contributed by atoms with Crippen LogP contribution in [-0.4, -0.2) is 44.5 Å². The van der Waals surface area contributed by atoms with Crippen LogP contribution in [0, 0.1) is 0 Å². The standard InChI is InChI=1S/C20H18N6O4/c27-16-4-3-15(17(28)25-16)26-18(29)12-2-1-10(5-13(12)19(26)30)6-22-20-23-8-11-7-21-9-14(11)24-20/h1-2,5,8,15,21H,3-4,6-7,9H2,(H,22,23,24)(H,25,27,28). The van der Waals surface area contributed by atoms with E-state index < -0.39 is 29.7 Å². The molecule has 1 atom stereocenters. The van der Waals surface area contributed by atoms with Crippen LogP contribution in [0.15, 0.2) is 24.4 Å². The minimum atomic E-state index is -0.968. The smallest absolute Gasteiger partial charge is 0.262 e. The van der Waals surface area contributed by atoms with Crippen molar-refractivity contribution in [3.8, 4) is 0 Å². The fourth-order valence-corrected chi connectivity index (χ4v) is 3.95. The molecule has 1 aromatic carbocycles. The van der Waals surface area contributed by atoms with Gasteiger partial charge in [0.05, 0.1) is 16.8 Å². The third kappa shape index (κ3) is 3.01. The molecular formula is C20H18N6O4. The van der Waals surface area contributed by atoms with Gasteiger partial charge in [-0.3, -0.25) is 29.4 Å². The van der Waals surface area contributed by atoms with E-state index in [0.717, 1.165) is 28.3 Å². The first-order valence-corrected chi connectivity index (χ1v) is 9.65. The second kappa shape index (κ2) is 6.99. The Morgan fingerprint density at radius 3 is 2.77 bits per heavy atom. The van der Waals surface area contributed by atoms with Crippen molar-refractivity contribution < 1.29 is 19.2 Å². The van der Waals surface area contributed by atoms with Crippen molar-refractivity contribution >= 4 is 29.6 Å². The maximum atomic E-state index is 12.9. The molecule has 30 heavy (non-hydrogen) atoms. The van der Waals surface area contributed by atoms with Gasteiger partial charge in [0.25, 0.3) is 11.8 Å². The first-order chi connectivity index (χ1) is 14.5. The number of nitrogens with zero attached hydrogens (tertiary/aromatic N) is 3. The summed E-state index contributed by atoms with van der Waals surface area (Å²) in [5, 5.41) is 8.53. The largest absolute Gasteiger partial charge is 0.350 e. The lowest BCUT2D eigenvalue weighted by Gasteiger charge is -2.27. The van der Waals surface area contributed by atoms with Crippen LogP contribution in [0.25, 0.3) is 0 Å². The van der Waals surface area contributed by atoms with Crippen LogP contribution < -0.4 is 16.0 Å². The Hall–Kier alpha value is -3.66. The van der Waals surface area contributed by atoms with E-state index in [4.69, 9.17) is 0 Å². The summed E-state index contributed by atoms with van der Waals surface area (Å²) in [6.07, 6.45) is 2.01. The Labute approximate surface area is 171 Å². The normalized spacial score (nSPS) is 20.3. The zero-order valence-electron chi connectivity index (χ0n) is 15.9. The predicted molar refractivity (Wildman–Crippen MR) is 103 cm³/mol. The number of nitrogens with one attached hydrogen (secondary N) is 3. The molecule has 4 amide bonds. The number of carbonyl (C=O) groups is 4. The molecule has 3 aliphatic rings. The highest BCUT2D eigenvalue weighted by molar-refractivity contribution is 6.23. The van der Waals surface area contributed by atoms with Crippen LogP contribution in [0.1, 0.15) is 50.4 Å². The summed E-state index contributed by atoms with van der Waals surface area (Å²) in [4.78, 5) is 58.8. The van der Waals surface area contributed by atoms with Crippen LogP contribution in [-0.2, 0) is 29.2 Å². The summed E-state index contributed by atoms with van der Waals surface area (Å²) < 4.78 is 0. The molecule has 1 saturated heterocycles. The van der Waals surface area contributed by atoms with Crippen LogP contribution in [0.3, 0.4) is 0 Å². The van der Waals surface area contributed by atoms with Crippen molar-refractivity contribution in [2.45, 2.75) is 38.5 Å². The van der Waals surface area contributed by atoms with Crippen LogP contribution in [0.2, 0.25) is 0 Å². The average Bonchev–Trinajstić information content (AvgIpc) is 3.30. The Balaban J connectivity index is 1.33. The quantitative estimate of drug-likeness (QED) is 0.609. The highest BCUT2D eigenvalue weighted by Crippen LogP contribution is 2.28. The number of hydrogen-bond acceptors (Lipinski definition) is 8. The number of benzene rings is 1. The molecule has 0 saturated carbocycles. The molecule has 4 heterocycles. The number of anilines is 1. The van der Waals surface area contributed by atoms with Crippen molar-refractivity contribution in [3.63, 3.8) is 0 Å².